The van der Waals surface area contributed by atoms with E-state index in [1.54, 1.807) is 0 Å². The number of nitro groups is 1. The van der Waals surface area contributed by atoms with Crippen LogP contribution in [0.1, 0.15) is 58.3 Å². The second kappa shape index (κ2) is 4.58. The molecule has 3 nitrogen and oxygen atoms in total. The van der Waals surface area contributed by atoms with Gasteiger partial charge in [-0.15, -0.1) is 0 Å². The molecule has 0 saturated heterocycles. The average Bonchev–Trinajstić information content (AvgIpc) is 2.16. The second-order valence-corrected chi connectivity index (χ2v) is 4.15. The van der Waals surface area contributed by atoms with Gasteiger partial charge >= 0.3 is 0 Å². The third-order valence-corrected chi connectivity index (χ3v) is 3.17. The van der Waals surface area contributed by atoms with Crippen LogP contribution in [0, 0.1) is 10.1 Å². The Kier molecular flexibility index (Phi) is 3.70. The maximum atomic E-state index is 11.0. The molecule has 1 rings (SSSR count). The van der Waals surface area contributed by atoms with Crippen LogP contribution < -0.4 is 0 Å². The van der Waals surface area contributed by atoms with Gasteiger partial charge in [0.05, 0.1) is 0 Å². The average molecular weight is 185 g/mol. The van der Waals surface area contributed by atoms with Crippen molar-refractivity contribution in [2.75, 3.05) is 0 Å². The van der Waals surface area contributed by atoms with Gasteiger partial charge in [0.1, 0.15) is 0 Å². The third-order valence-electron chi connectivity index (χ3n) is 3.17. The summed E-state index contributed by atoms with van der Waals surface area (Å²) in [6, 6.07) is 0. The highest BCUT2D eigenvalue weighted by molar-refractivity contribution is 4.82. The van der Waals surface area contributed by atoms with E-state index in [2.05, 4.69) is 6.92 Å². The van der Waals surface area contributed by atoms with E-state index >= 15 is 0 Å². The van der Waals surface area contributed by atoms with E-state index < -0.39 is 5.54 Å². The summed E-state index contributed by atoms with van der Waals surface area (Å²) in [5.74, 6) is 0. The van der Waals surface area contributed by atoms with E-state index in [9.17, 15) is 10.1 Å². The van der Waals surface area contributed by atoms with Gasteiger partial charge < -0.3 is 0 Å². The van der Waals surface area contributed by atoms with Crippen LogP contribution in [-0.2, 0) is 0 Å². The molecule has 0 bridgehead atoms. The van der Waals surface area contributed by atoms with Gasteiger partial charge in [-0.1, -0.05) is 19.8 Å². The molecule has 0 aromatic carbocycles. The lowest BCUT2D eigenvalue weighted by molar-refractivity contribution is -0.576. The lowest BCUT2D eigenvalue weighted by Gasteiger charge is -2.28. The van der Waals surface area contributed by atoms with Gasteiger partial charge in [-0.2, -0.15) is 0 Å². The largest absolute Gasteiger partial charge is 0.264 e. The number of rotatable bonds is 4. The minimum Gasteiger partial charge on any atom is -0.264 e. The highest BCUT2D eigenvalue weighted by atomic mass is 16.6. The van der Waals surface area contributed by atoms with Crippen molar-refractivity contribution in [1.82, 2.24) is 0 Å². The Morgan fingerprint density at radius 1 is 1.31 bits per heavy atom. The summed E-state index contributed by atoms with van der Waals surface area (Å²) in [5, 5.41) is 11.0. The molecular weight excluding hydrogens is 166 g/mol. The summed E-state index contributed by atoms with van der Waals surface area (Å²) < 4.78 is 0. The molecule has 1 saturated carbocycles. The van der Waals surface area contributed by atoms with Crippen molar-refractivity contribution in [1.29, 1.82) is 0 Å². The number of nitrogens with zero attached hydrogens (tertiary/aromatic N) is 1. The minimum atomic E-state index is -0.547. The maximum Gasteiger partial charge on any atom is 0.222 e. The van der Waals surface area contributed by atoms with Crippen LogP contribution in [0.3, 0.4) is 0 Å². The first-order valence-electron chi connectivity index (χ1n) is 5.36. The summed E-state index contributed by atoms with van der Waals surface area (Å²) in [7, 11) is 0. The summed E-state index contributed by atoms with van der Waals surface area (Å²) in [4.78, 5) is 11.0. The van der Waals surface area contributed by atoms with Crippen molar-refractivity contribution < 1.29 is 4.92 Å². The Bertz CT molecular complexity index is 174. The van der Waals surface area contributed by atoms with E-state index in [0.717, 1.165) is 44.9 Å². The summed E-state index contributed by atoms with van der Waals surface area (Å²) in [6.07, 6.45) is 7.74. The van der Waals surface area contributed by atoms with Crippen molar-refractivity contribution in [3.05, 3.63) is 10.1 Å². The smallest absolute Gasteiger partial charge is 0.222 e. The minimum absolute atomic E-state index is 0.0121. The Morgan fingerprint density at radius 3 is 2.38 bits per heavy atom. The van der Waals surface area contributed by atoms with E-state index in [-0.39, 0.29) is 4.92 Å². The first-order valence-corrected chi connectivity index (χ1v) is 5.36. The Hall–Kier alpha value is -0.600. The normalized spacial score (nSPS) is 21.3. The third kappa shape index (κ3) is 2.42. The fraction of sp³-hybridized carbons (Fsp3) is 1.00. The molecule has 0 aromatic heterocycles. The zero-order chi connectivity index (χ0) is 9.73. The van der Waals surface area contributed by atoms with Crippen molar-refractivity contribution in [2.45, 2.75) is 63.8 Å². The van der Waals surface area contributed by atoms with Crippen LogP contribution in [0.25, 0.3) is 0 Å². The molecule has 76 valence electrons. The van der Waals surface area contributed by atoms with Crippen LogP contribution >= 0.6 is 0 Å². The molecule has 0 spiro atoms. The molecule has 0 N–H and O–H groups in total. The number of hydrogen-bond acceptors (Lipinski definition) is 2. The van der Waals surface area contributed by atoms with Crippen LogP contribution in [0.15, 0.2) is 0 Å². The monoisotopic (exact) mass is 185 g/mol. The molecule has 0 radical (unpaired) electrons. The molecule has 1 aliphatic carbocycles. The molecule has 1 aliphatic rings. The lowest BCUT2D eigenvalue weighted by Crippen LogP contribution is -2.40. The van der Waals surface area contributed by atoms with Crippen molar-refractivity contribution in [3.63, 3.8) is 0 Å². The Morgan fingerprint density at radius 2 is 1.92 bits per heavy atom. The van der Waals surface area contributed by atoms with E-state index in [1.165, 1.54) is 6.42 Å². The number of unbranched alkanes of at least 4 members (excludes halogenated alkanes) is 1. The fourth-order valence-electron chi connectivity index (χ4n) is 2.24. The fourth-order valence-corrected chi connectivity index (χ4v) is 2.24. The summed E-state index contributed by atoms with van der Waals surface area (Å²) in [6.45, 7) is 2.09. The molecular formula is C10H19NO2. The predicted molar refractivity (Wildman–Crippen MR) is 52.3 cm³/mol. The van der Waals surface area contributed by atoms with Gasteiger partial charge in [-0.05, 0) is 19.3 Å². The molecule has 3 heteroatoms. The van der Waals surface area contributed by atoms with Crippen LogP contribution in [0.2, 0.25) is 0 Å². The molecule has 0 amide bonds. The van der Waals surface area contributed by atoms with Crippen LogP contribution in [-0.4, -0.2) is 10.5 Å². The molecule has 13 heavy (non-hydrogen) atoms. The Balaban J connectivity index is 2.56. The quantitative estimate of drug-likeness (QED) is 0.498. The van der Waals surface area contributed by atoms with Gasteiger partial charge in [0, 0.05) is 24.2 Å². The first-order chi connectivity index (χ1) is 6.21. The van der Waals surface area contributed by atoms with Crippen molar-refractivity contribution in [3.8, 4) is 0 Å². The lowest BCUT2D eigenvalue weighted by atomic mass is 9.79. The van der Waals surface area contributed by atoms with Crippen molar-refractivity contribution in [2.24, 2.45) is 0 Å². The first kappa shape index (κ1) is 10.5. The second-order valence-electron chi connectivity index (χ2n) is 4.15. The summed E-state index contributed by atoms with van der Waals surface area (Å²) in [5.41, 5.74) is -0.547. The number of hydrogen-bond donors (Lipinski definition) is 0. The maximum absolute atomic E-state index is 11.0. The zero-order valence-corrected chi connectivity index (χ0v) is 8.42. The summed E-state index contributed by atoms with van der Waals surface area (Å²) >= 11 is 0. The molecule has 1 fully saturated rings. The van der Waals surface area contributed by atoms with Gasteiger partial charge in [0.15, 0.2) is 0 Å². The van der Waals surface area contributed by atoms with Gasteiger partial charge in [-0.25, -0.2) is 0 Å². The van der Waals surface area contributed by atoms with E-state index in [1.807, 2.05) is 0 Å². The topological polar surface area (TPSA) is 43.1 Å². The van der Waals surface area contributed by atoms with Gasteiger partial charge in [-0.3, -0.25) is 10.1 Å². The SMILES string of the molecule is CCCCC1([N+](=O)[O-])CCCCC1. The highest BCUT2D eigenvalue weighted by Crippen LogP contribution is 2.34. The van der Waals surface area contributed by atoms with Crippen LogP contribution in [0.4, 0.5) is 0 Å². The van der Waals surface area contributed by atoms with E-state index in [0.29, 0.717) is 0 Å². The van der Waals surface area contributed by atoms with Gasteiger partial charge in [0.2, 0.25) is 5.54 Å². The highest BCUT2D eigenvalue weighted by Gasteiger charge is 2.42. The zero-order valence-electron chi connectivity index (χ0n) is 8.42. The van der Waals surface area contributed by atoms with Crippen molar-refractivity contribution >= 4 is 0 Å². The molecule has 0 heterocycles. The van der Waals surface area contributed by atoms with Gasteiger partial charge in [0.25, 0.3) is 0 Å². The standard InChI is InChI=1S/C10H19NO2/c1-2-3-7-10(11(12)13)8-5-4-6-9-10/h2-9H2,1H3. The molecule has 0 aromatic rings. The Labute approximate surface area is 79.7 Å². The molecule has 0 unspecified atom stereocenters. The van der Waals surface area contributed by atoms with Crippen LogP contribution in [0.5, 0.6) is 0 Å². The molecule has 0 aliphatic heterocycles. The van der Waals surface area contributed by atoms with E-state index in [4.69, 9.17) is 0 Å². The predicted octanol–water partition coefficient (Wildman–Crippen LogP) is 3.16. The molecule has 0 atom stereocenters.